The Balaban J connectivity index is 1.45. The van der Waals surface area contributed by atoms with Crippen LogP contribution in [-0.2, 0) is 4.79 Å². The minimum Gasteiger partial charge on any atom is -0.300 e. The average Bonchev–Trinajstić information content (AvgIpc) is 3.53. The molecule has 1 heteroatoms. The van der Waals surface area contributed by atoms with Gasteiger partial charge in [-0.25, -0.2) is 0 Å². The zero-order valence-electron chi connectivity index (χ0n) is 16.1. The van der Waals surface area contributed by atoms with E-state index in [0.29, 0.717) is 17.6 Å². The molecule has 0 aromatic heterocycles. The summed E-state index contributed by atoms with van der Waals surface area (Å²) >= 11 is 0. The van der Waals surface area contributed by atoms with E-state index in [4.69, 9.17) is 0 Å². The standard InChI is InChI=1S/C25H30O/c1-17-3-7-19(8-4-17)24(21-11-12-21)15-23(26)16-25(22-13-14-22)20-9-5-18(2)6-10-20/h3-10,21-22,24-25H,11-16H2,1-2H3. The van der Waals surface area contributed by atoms with Crippen molar-refractivity contribution in [3.63, 3.8) is 0 Å². The molecular formula is C25H30O. The molecule has 0 bridgehead atoms. The lowest BCUT2D eigenvalue weighted by Gasteiger charge is -2.20. The van der Waals surface area contributed by atoms with Crippen LogP contribution in [0.25, 0.3) is 0 Å². The van der Waals surface area contributed by atoms with Gasteiger partial charge < -0.3 is 0 Å². The van der Waals surface area contributed by atoms with Crippen molar-refractivity contribution in [1.82, 2.24) is 0 Å². The molecule has 0 saturated heterocycles. The second-order valence-corrected chi connectivity index (χ2v) is 8.66. The van der Waals surface area contributed by atoms with E-state index in [-0.39, 0.29) is 0 Å². The van der Waals surface area contributed by atoms with Gasteiger partial charge in [-0.05, 0) is 74.3 Å². The lowest BCUT2D eigenvalue weighted by molar-refractivity contribution is -0.120. The van der Waals surface area contributed by atoms with Gasteiger partial charge in [0.2, 0.25) is 0 Å². The summed E-state index contributed by atoms with van der Waals surface area (Å²) in [6.45, 7) is 4.26. The van der Waals surface area contributed by atoms with Gasteiger partial charge in [-0.15, -0.1) is 0 Å². The van der Waals surface area contributed by atoms with Crippen molar-refractivity contribution >= 4 is 5.78 Å². The Morgan fingerprint density at radius 3 is 1.38 bits per heavy atom. The summed E-state index contributed by atoms with van der Waals surface area (Å²) in [4.78, 5) is 13.0. The first-order valence-electron chi connectivity index (χ1n) is 10.2. The maximum Gasteiger partial charge on any atom is 0.134 e. The Morgan fingerprint density at radius 1 is 0.731 bits per heavy atom. The fourth-order valence-electron chi connectivity index (χ4n) is 4.31. The minimum atomic E-state index is 0.431. The van der Waals surface area contributed by atoms with E-state index in [1.807, 2.05) is 0 Å². The number of benzene rings is 2. The molecule has 2 aromatic rings. The molecule has 4 rings (SSSR count). The molecule has 2 fully saturated rings. The molecule has 2 saturated carbocycles. The lowest BCUT2D eigenvalue weighted by atomic mass is 9.83. The number of rotatable bonds is 8. The van der Waals surface area contributed by atoms with Crippen molar-refractivity contribution < 1.29 is 4.79 Å². The third kappa shape index (κ3) is 4.26. The van der Waals surface area contributed by atoms with Gasteiger partial charge in [-0.2, -0.15) is 0 Å². The van der Waals surface area contributed by atoms with Crippen LogP contribution in [0.2, 0.25) is 0 Å². The highest BCUT2D eigenvalue weighted by Gasteiger charge is 2.37. The molecule has 136 valence electrons. The predicted molar refractivity (Wildman–Crippen MR) is 108 cm³/mol. The van der Waals surface area contributed by atoms with Crippen molar-refractivity contribution in [2.75, 3.05) is 0 Å². The first kappa shape index (κ1) is 17.5. The maximum atomic E-state index is 13.0. The van der Waals surface area contributed by atoms with E-state index in [1.54, 1.807) is 0 Å². The van der Waals surface area contributed by atoms with Crippen molar-refractivity contribution in [3.8, 4) is 0 Å². The van der Waals surface area contributed by atoms with Gasteiger partial charge in [-0.1, -0.05) is 59.7 Å². The highest BCUT2D eigenvalue weighted by molar-refractivity contribution is 5.80. The van der Waals surface area contributed by atoms with Crippen LogP contribution in [-0.4, -0.2) is 5.78 Å². The maximum absolute atomic E-state index is 13.0. The molecule has 1 nitrogen and oxygen atoms in total. The van der Waals surface area contributed by atoms with Gasteiger partial charge in [-0.3, -0.25) is 4.79 Å². The average molecular weight is 347 g/mol. The molecule has 0 heterocycles. The van der Waals surface area contributed by atoms with Gasteiger partial charge in [0.15, 0.2) is 0 Å². The SMILES string of the molecule is Cc1ccc(C(CC(=O)CC(c2ccc(C)cc2)C2CC2)C2CC2)cc1. The normalized spacial score (nSPS) is 19.2. The smallest absolute Gasteiger partial charge is 0.134 e. The Morgan fingerprint density at radius 2 is 1.08 bits per heavy atom. The Hall–Kier alpha value is -1.89. The van der Waals surface area contributed by atoms with Crippen LogP contribution in [0.15, 0.2) is 48.5 Å². The molecule has 2 atom stereocenters. The molecule has 0 radical (unpaired) electrons. The van der Waals surface area contributed by atoms with Gasteiger partial charge >= 0.3 is 0 Å². The molecule has 2 aliphatic carbocycles. The van der Waals surface area contributed by atoms with E-state index in [2.05, 4.69) is 62.4 Å². The molecule has 0 spiro atoms. The number of Topliss-reactive ketones (excluding diaryl/α,β-unsaturated/α-hetero) is 1. The summed E-state index contributed by atoms with van der Waals surface area (Å²) in [5.74, 6) is 2.77. The summed E-state index contributed by atoms with van der Waals surface area (Å²) in [6.07, 6.45) is 6.60. The highest BCUT2D eigenvalue weighted by atomic mass is 16.1. The first-order chi connectivity index (χ1) is 12.6. The summed E-state index contributed by atoms with van der Waals surface area (Å²) in [5.41, 5.74) is 5.32. The Bertz CT molecular complexity index is 682. The van der Waals surface area contributed by atoms with E-state index in [0.717, 1.165) is 24.7 Å². The number of hydrogen-bond donors (Lipinski definition) is 0. The number of aryl methyl sites for hydroxylation is 2. The Labute approximate surface area is 157 Å². The Kier molecular flexibility index (Phi) is 4.98. The van der Waals surface area contributed by atoms with Gasteiger partial charge in [0, 0.05) is 12.8 Å². The van der Waals surface area contributed by atoms with Crippen LogP contribution >= 0.6 is 0 Å². The molecule has 0 amide bonds. The van der Waals surface area contributed by atoms with Crippen LogP contribution in [0, 0.1) is 25.7 Å². The molecule has 2 unspecified atom stereocenters. The molecule has 2 aromatic carbocycles. The number of hydrogen-bond acceptors (Lipinski definition) is 1. The predicted octanol–water partition coefficient (Wildman–Crippen LogP) is 6.34. The third-order valence-corrected chi connectivity index (χ3v) is 6.29. The number of carbonyl (C=O) groups is 1. The van der Waals surface area contributed by atoms with E-state index >= 15 is 0 Å². The second kappa shape index (κ2) is 7.39. The quantitative estimate of drug-likeness (QED) is 0.545. The topological polar surface area (TPSA) is 17.1 Å². The largest absolute Gasteiger partial charge is 0.300 e. The van der Waals surface area contributed by atoms with Crippen LogP contribution in [0.1, 0.15) is 72.6 Å². The third-order valence-electron chi connectivity index (χ3n) is 6.29. The summed E-state index contributed by atoms with van der Waals surface area (Å²) in [6, 6.07) is 17.7. The van der Waals surface area contributed by atoms with Crippen LogP contribution < -0.4 is 0 Å². The summed E-state index contributed by atoms with van der Waals surface area (Å²) < 4.78 is 0. The molecule has 0 aliphatic heterocycles. The minimum absolute atomic E-state index is 0.431. The lowest BCUT2D eigenvalue weighted by Crippen LogP contribution is -2.14. The van der Waals surface area contributed by atoms with Crippen LogP contribution in [0.5, 0.6) is 0 Å². The second-order valence-electron chi connectivity index (χ2n) is 8.66. The van der Waals surface area contributed by atoms with Crippen molar-refractivity contribution in [2.24, 2.45) is 11.8 Å². The zero-order valence-corrected chi connectivity index (χ0v) is 16.1. The van der Waals surface area contributed by atoms with Gasteiger partial charge in [0.1, 0.15) is 5.78 Å². The molecule has 0 N–H and O–H groups in total. The fourth-order valence-corrected chi connectivity index (χ4v) is 4.31. The molecule has 26 heavy (non-hydrogen) atoms. The van der Waals surface area contributed by atoms with E-state index in [1.165, 1.54) is 47.9 Å². The van der Waals surface area contributed by atoms with Gasteiger partial charge in [0.25, 0.3) is 0 Å². The van der Waals surface area contributed by atoms with E-state index in [9.17, 15) is 4.79 Å². The van der Waals surface area contributed by atoms with Gasteiger partial charge in [0.05, 0.1) is 0 Å². The molecular weight excluding hydrogens is 316 g/mol. The van der Waals surface area contributed by atoms with Crippen molar-refractivity contribution in [1.29, 1.82) is 0 Å². The highest BCUT2D eigenvalue weighted by Crippen LogP contribution is 2.47. The number of ketones is 1. The van der Waals surface area contributed by atoms with Crippen molar-refractivity contribution in [2.45, 2.75) is 64.2 Å². The summed E-state index contributed by atoms with van der Waals surface area (Å²) in [5, 5.41) is 0. The number of carbonyl (C=O) groups excluding carboxylic acids is 1. The fraction of sp³-hybridized carbons (Fsp3) is 0.480. The van der Waals surface area contributed by atoms with Crippen LogP contribution in [0.3, 0.4) is 0 Å². The van der Waals surface area contributed by atoms with Crippen LogP contribution in [0.4, 0.5) is 0 Å². The first-order valence-corrected chi connectivity index (χ1v) is 10.2. The van der Waals surface area contributed by atoms with E-state index < -0.39 is 0 Å². The molecule has 2 aliphatic rings. The van der Waals surface area contributed by atoms with Crippen molar-refractivity contribution in [3.05, 3.63) is 70.8 Å². The zero-order chi connectivity index (χ0) is 18.1. The monoisotopic (exact) mass is 346 g/mol. The summed E-state index contributed by atoms with van der Waals surface area (Å²) in [7, 11) is 0.